The predicted molar refractivity (Wildman–Crippen MR) is 169 cm³/mol. The molecule has 0 spiro atoms. The first kappa shape index (κ1) is 35.3. The number of aliphatic hydroxyl groups is 1. The monoisotopic (exact) mass is 649 g/mol. The number of ether oxygens (including phenoxy) is 3. The number of rotatable bonds is 16. The first-order valence-corrected chi connectivity index (χ1v) is 16.7. The highest BCUT2D eigenvalue weighted by Crippen LogP contribution is 2.60. The Morgan fingerprint density at radius 1 is 0.977 bits per heavy atom. The molecule has 242 valence electrons. The van der Waals surface area contributed by atoms with E-state index < -0.39 is 18.2 Å². The highest BCUT2D eigenvalue weighted by Gasteiger charge is 2.44. The van der Waals surface area contributed by atoms with Crippen LogP contribution in [0.3, 0.4) is 0 Å². The van der Waals surface area contributed by atoms with Crippen LogP contribution >= 0.6 is 23.5 Å². The van der Waals surface area contributed by atoms with Crippen molar-refractivity contribution in [2.24, 2.45) is 0 Å². The molecule has 2 N–H and O–H groups in total. The number of hydrogen-bond acceptors (Lipinski definition) is 10. The molecule has 1 fully saturated rings. The fourth-order valence-electron chi connectivity index (χ4n) is 4.28. The number of hydrazine groups is 1. The molecule has 2 aliphatic heterocycles. The van der Waals surface area contributed by atoms with Crippen molar-refractivity contribution in [3.63, 3.8) is 0 Å². The van der Waals surface area contributed by atoms with Crippen molar-refractivity contribution in [1.82, 2.24) is 15.3 Å². The summed E-state index contributed by atoms with van der Waals surface area (Å²) in [4.78, 5) is 52.8. The lowest BCUT2D eigenvalue weighted by Crippen LogP contribution is -2.42. The first-order valence-electron chi connectivity index (χ1n) is 15.0. The molecule has 13 heteroatoms. The number of amides is 3. The molecule has 0 bridgehead atoms. The molecule has 2 aliphatic rings. The number of carbonyl (C=O) groups is 4. The van der Waals surface area contributed by atoms with Crippen LogP contribution in [0.15, 0.2) is 37.8 Å². The summed E-state index contributed by atoms with van der Waals surface area (Å²) >= 11 is 2.39. The minimum atomic E-state index is -1.12. The van der Waals surface area contributed by atoms with Crippen molar-refractivity contribution in [3.8, 4) is 11.5 Å². The van der Waals surface area contributed by atoms with Crippen LogP contribution in [0, 0.1) is 6.92 Å². The largest absolute Gasteiger partial charge is 0.490 e. The van der Waals surface area contributed by atoms with E-state index in [1.807, 2.05) is 20.8 Å². The average Bonchev–Trinajstić information content (AvgIpc) is 3.52. The number of thioether (sulfide) groups is 2. The molecular formula is C31H43N3O8S2. The SMILES string of the molecule is C=C(C)C(=O)OCC(O)COc1cc(C)c(OC(=O)NCCCC)c2c1SC(=C1C(=O)N(CCCC)N(CCCC)C1=O)S2. The van der Waals surface area contributed by atoms with E-state index in [0.29, 0.717) is 50.7 Å². The summed E-state index contributed by atoms with van der Waals surface area (Å²) in [7, 11) is 0. The van der Waals surface area contributed by atoms with E-state index in [1.54, 1.807) is 13.0 Å². The van der Waals surface area contributed by atoms with Gasteiger partial charge in [0, 0.05) is 25.2 Å². The maximum atomic E-state index is 13.7. The average molecular weight is 650 g/mol. The van der Waals surface area contributed by atoms with Gasteiger partial charge in [0.05, 0.1) is 14.0 Å². The van der Waals surface area contributed by atoms with Gasteiger partial charge in [-0.05, 0) is 44.7 Å². The Kier molecular flexibility index (Phi) is 13.5. The zero-order chi connectivity index (χ0) is 32.4. The Bertz CT molecular complexity index is 1270. The fourth-order valence-corrected chi connectivity index (χ4v) is 7.02. The van der Waals surface area contributed by atoms with Gasteiger partial charge in [-0.1, -0.05) is 70.1 Å². The lowest BCUT2D eigenvalue weighted by atomic mass is 10.2. The van der Waals surface area contributed by atoms with Crippen molar-refractivity contribution >= 4 is 47.4 Å². The van der Waals surface area contributed by atoms with Crippen LogP contribution < -0.4 is 14.8 Å². The van der Waals surface area contributed by atoms with Gasteiger partial charge in [0.25, 0.3) is 11.8 Å². The highest BCUT2D eigenvalue weighted by atomic mass is 32.2. The van der Waals surface area contributed by atoms with Gasteiger partial charge in [-0.15, -0.1) is 0 Å². The van der Waals surface area contributed by atoms with Crippen molar-refractivity contribution < 1.29 is 38.5 Å². The number of benzene rings is 1. The molecule has 1 atom stereocenters. The number of unbranched alkanes of at least 4 members (excludes halogenated alkanes) is 3. The summed E-state index contributed by atoms with van der Waals surface area (Å²) in [6.45, 7) is 13.7. The summed E-state index contributed by atoms with van der Waals surface area (Å²) in [6.07, 6.45) is 3.26. The van der Waals surface area contributed by atoms with Crippen molar-refractivity contribution in [1.29, 1.82) is 0 Å². The number of hydrogen-bond donors (Lipinski definition) is 2. The van der Waals surface area contributed by atoms with Gasteiger partial charge in [0.2, 0.25) is 0 Å². The Balaban J connectivity index is 1.95. The molecule has 1 unspecified atom stereocenters. The van der Waals surface area contributed by atoms with Crippen LogP contribution in [0.5, 0.6) is 11.5 Å². The van der Waals surface area contributed by atoms with Crippen LogP contribution in [0.25, 0.3) is 0 Å². The van der Waals surface area contributed by atoms with E-state index in [-0.39, 0.29) is 36.2 Å². The molecule has 3 rings (SSSR count). The Hall–Kier alpha value is -3.16. The molecule has 11 nitrogen and oxygen atoms in total. The van der Waals surface area contributed by atoms with E-state index in [1.165, 1.54) is 40.5 Å². The molecule has 0 saturated carbocycles. The summed E-state index contributed by atoms with van der Waals surface area (Å²) < 4.78 is 17.2. The predicted octanol–water partition coefficient (Wildman–Crippen LogP) is 5.34. The Morgan fingerprint density at radius 2 is 1.57 bits per heavy atom. The molecule has 44 heavy (non-hydrogen) atoms. The zero-order valence-electron chi connectivity index (χ0n) is 26.2. The van der Waals surface area contributed by atoms with Crippen molar-refractivity contribution in [2.75, 3.05) is 32.8 Å². The summed E-state index contributed by atoms with van der Waals surface area (Å²) in [5.41, 5.74) is 0.884. The molecule has 1 saturated heterocycles. The maximum absolute atomic E-state index is 13.7. The van der Waals surface area contributed by atoms with E-state index >= 15 is 0 Å². The van der Waals surface area contributed by atoms with Gasteiger partial charge in [-0.3, -0.25) is 9.59 Å². The molecule has 2 heterocycles. The zero-order valence-corrected chi connectivity index (χ0v) is 27.8. The minimum absolute atomic E-state index is 0.0806. The quantitative estimate of drug-likeness (QED) is 0.105. The molecule has 0 aliphatic carbocycles. The Morgan fingerprint density at radius 3 is 2.14 bits per heavy atom. The van der Waals surface area contributed by atoms with Crippen LogP contribution in [-0.2, 0) is 19.1 Å². The summed E-state index contributed by atoms with van der Waals surface area (Å²) in [5, 5.41) is 16.2. The number of nitrogens with zero attached hydrogens (tertiary/aromatic N) is 2. The van der Waals surface area contributed by atoms with Gasteiger partial charge in [-0.2, -0.15) is 0 Å². The van der Waals surface area contributed by atoms with Crippen LogP contribution in [0.2, 0.25) is 0 Å². The second-order valence-corrected chi connectivity index (χ2v) is 12.9. The Labute approximate surface area is 267 Å². The van der Waals surface area contributed by atoms with Gasteiger partial charge in [0.15, 0.2) is 5.75 Å². The van der Waals surface area contributed by atoms with Crippen molar-refractivity contribution in [2.45, 2.75) is 89.0 Å². The molecular weight excluding hydrogens is 606 g/mol. The molecule has 1 aromatic rings. The maximum Gasteiger partial charge on any atom is 0.412 e. The van der Waals surface area contributed by atoms with E-state index in [9.17, 15) is 24.3 Å². The topological polar surface area (TPSA) is 135 Å². The number of nitrogens with one attached hydrogen (secondary N) is 1. The lowest BCUT2D eigenvalue weighted by molar-refractivity contribution is -0.147. The molecule has 1 aromatic carbocycles. The summed E-state index contributed by atoms with van der Waals surface area (Å²) in [5.74, 6) is -0.645. The summed E-state index contributed by atoms with van der Waals surface area (Å²) in [6, 6.07) is 1.68. The second-order valence-electron chi connectivity index (χ2n) is 10.6. The molecule has 0 aromatic heterocycles. The third kappa shape index (κ3) is 8.72. The van der Waals surface area contributed by atoms with Crippen molar-refractivity contribution in [3.05, 3.63) is 33.6 Å². The number of carbonyl (C=O) groups excluding carboxylic acids is 4. The van der Waals surface area contributed by atoms with E-state index in [4.69, 9.17) is 14.2 Å². The normalized spacial score (nSPS) is 15.0. The fraction of sp³-hybridized carbons (Fsp3) is 0.548. The third-order valence-electron chi connectivity index (χ3n) is 6.75. The molecule has 3 amide bonds. The smallest absolute Gasteiger partial charge is 0.412 e. The van der Waals surface area contributed by atoms with Gasteiger partial charge in [0.1, 0.15) is 30.6 Å². The van der Waals surface area contributed by atoms with Crippen LogP contribution in [0.1, 0.15) is 71.8 Å². The van der Waals surface area contributed by atoms with Gasteiger partial charge >= 0.3 is 12.1 Å². The van der Waals surface area contributed by atoms with Crippen LogP contribution in [-0.4, -0.2) is 78.0 Å². The van der Waals surface area contributed by atoms with Gasteiger partial charge < -0.3 is 24.6 Å². The number of aryl methyl sites for hydroxylation is 1. The second kappa shape index (κ2) is 16.8. The number of esters is 1. The highest BCUT2D eigenvalue weighted by molar-refractivity contribution is 8.25. The minimum Gasteiger partial charge on any atom is -0.490 e. The number of fused-ring (bicyclic) bond motifs is 1. The van der Waals surface area contributed by atoms with E-state index in [0.717, 1.165) is 38.5 Å². The standard InChI is InChI=1S/C31H43N3O8S2/c1-7-10-13-32-31(39)42-24-20(6)16-22(40-17-21(35)18-41-29(38)19(4)5)25-26(24)44-30(43-25)23-27(36)33(14-11-8-2)34(28(23)37)15-12-9-3/h16,21,35H,4,7-15,17-18H2,1-3,5-6H3,(H,32,39). The van der Waals surface area contributed by atoms with Gasteiger partial charge in [-0.25, -0.2) is 19.6 Å². The third-order valence-corrected chi connectivity index (χ3v) is 9.36. The van der Waals surface area contributed by atoms with Crippen LogP contribution in [0.4, 0.5) is 4.79 Å². The number of aliphatic hydroxyl groups excluding tert-OH is 1. The van der Waals surface area contributed by atoms with E-state index in [2.05, 4.69) is 11.9 Å². The molecule has 0 radical (unpaired) electrons. The first-order chi connectivity index (χ1) is 21.0. The lowest BCUT2D eigenvalue weighted by Gasteiger charge is -2.27.